The molecule has 206 valence electrons. The number of hydrogen-bond acceptors (Lipinski definition) is 7. The second kappa shape index (κ2) is 12.3. The van der Waals surface area contributed by atoms with E-state index in [0.29, 0.717) is 51.7 Å². The molecule has 1 heterocycles. The maximum Gasteiger partial charge on any atom is 0.348 e. The van der Waals surface area contributed by atoms with Crippen molar-refractivity contribution in [3.8, 4) is 34.3 Å². The number of para-hydroxylation sites is 1. The molecule has 0 saturated heterocycles. The zero-order valence-corrected chi connectivity index (χ0v) is 22.9. The molecule has 0 saturated carbocycles. The third kappa shape index (κ3) is 5.84. The number of methoxy groups -OCH3 is 2. The van der Waals surface area contributed by atoms with Crippen molar-refractivity contribution in [1.29, 1.82) is 0 Å². The largest absolute Gasteiger partial charge is 0.497 e. The van der Waals surface area contributed by atoms with Gasteiger partial charge in [0.2, 0.25) is 0 Å². The van der Waals surface area contributed by atoms with Crippen LogP contribution in [0.15, 0.2) is 101 Å². The minimum absolute atomic E-state index is 0.281. The zero-order valence-electron chi connectivity index (χ0n) is 22.9. The molecule has 0 aliphatic heterocycles. The van der Waals surface area contributed by atoms with Crippen molar-refractivity contribution in [3.63, 3.8) is 0 Å². The lowest BCUT2D eigenvalue weighted by Gasteiger charge is -2.09. The number of rotatable bonds is 10. The van der Waals surface area contributed by atoms with Gasteiger partial charge in [-0.1, -0.05) is 48.5 Å². The van der Waals surface area contributed by atoms with E-state index in [2.05, 4.69) is 0 Å². The second-order valence-corrected chi connectivity index (χ2v) is 8.95. The summed E-state index contributed by atoms with van der Waals surface area (Å²) >= 11 is 0. The molecule has 5 rings (SSSR count). The van der Waals surface area contributed by atoms with E-state index >= 15 is 0 Å². The number of carbonyl (C=O) groups excluding carboxylic acids is 2. The lowest BCUT2D eigenvalue weighted by molar-refractivity contribution is 0.0736. The van der Waals surface area contributed by atoms with Crippen molar-refractivity contribution in [2.24, 2.45) is 0 Å². The predicted molar refractivity (Wildman–Crippen MR) is 157 cm³/mol. The molecule has 7 nitrogen and oxygen atoms in total. The van der Waals surface area contributed by atoms with E-state index < -0.39 is 5.97 Å². The molecule has 0 bridgehead atoms. The molecule has 7 heteroatoms. The number of ether oxygens (including phenoxy) is 4. The van der Waals surface area contributed by atoms with Gasteiger partial charge in [-0.25, -0.2) is 4.79 Å². The van der Waals surface area contributed by atoms with Gasteiger partial charge in [-0.2, -0.15) is 0 Å². The molecule has 0 atom stereocenters. The number of fused-ring (bicyclic) bond motifs is 1. The predicted octanol–water partition coefficient (Wildman–Crippen LogP) is 7.63. The van der Waals surface area contributed by atoms with E-state index in [0.717, 1.165) is 5.56 Å². The summed E-state index contributed by atoms with van der Waals surface area (Å²) in [5.41, 5.74) is 2.44. The number of furan rings is 1. The van der Waals surface area contributed by atoms with E-state index in [1.807, 2.05) is 37.3 Å². The summed E-state index contributed by atoms with van der Waals surface area (Å²) in [5, 5.41) is 0.577. The Labute approximate surface area is 237 Å². The average molecular weight is 549 g/mol. The second-order valence-electron chi connectivity index (χ2n) is 8.95. The van der Waals surface area contributed by atoms with E-state index in [4.69, 9.17) is 23.4 Å². The summed E-state index contributed by atoms with van der Waals surface area (Å²) in [6.07, 6.45) is 3.00. The first-order chi connectivity index (χ1) is 20.0. The Morgan fingerprint density at radius 3 is 2.32 bits per heavy atom. The fraction of sp³-hybridized carbons (Fsp3) is 0.118. The number of ketones is 1. The van der Waals surface area contributed by atoms with Crippen LogP contribution in [0, 0.1) is 0 Å². The van der Waals surface area contributed by atoms with Gasteiger partial charge in [-0.05, 0) is 61.5 Å². The fourth-order valence-electron chi connectivity index (χ4n) is 4.45. The van der Waals surface area contributed by atoms with Gasteiger partial charge < -0.3 is 23.4 Å². The first-order valence-corrected chi connectivity index (χ1v) is 13.0. The molecule has 0 amide bonds. The summed E-state index contributed by atoms with van der Waals surface area (Å²) in [6.45, 7) is 2.37. The van der Waals surface area contributed by atoms with Gasteiger partial charge in [0.05, 0.1) is 26.4 Å². The Bertz CT molecular complexity index is 1730. The zero-order chi connectivity index (χ0) is 28.8. The Balaban J connectivity index is 1.50. The number of hydrogen-bond donors (Lipinski definition) is 0. The molecule has 0 N–H and O–H groups in total. The molecule has 1 aromatic heterocycles. The van der Waals surface area contributed by atoms with Gasteiger partial charge >= 0.3 is 5.97 Å². The number of carbonyl (C=O) groups is 2. The maximum atomic E-state index is 13.8. The molecule has 0 radical (unpaired) electrons. The number of allylic oxidation sites excluding steroid dienone is 1. The first-order valence-electron chi connectivity index (χ1n) is 13.0. The van der Waals surface area contributed by atoms with Crippen LogP contribution in [0.25, 0.3) is 28.4 Å². The topological polar surface area (TPSA) is 84.2 Å². The van der Waals surface area contributed by atoms with Crippen molar-refractivity contribution in [1.82, 2.24) is 0 Å². The van der Waals surface area contributed by atoms with Crippen molar-refractivity contribution in [2.45, 2.75) is 6.92 Å². The summed E-state index contributed by atoms with van der Waals surface area (Å²) in [4.78, 5) is 26.8. The third-order valence-electron chi connectivity index (χ3n) is 6.42. The Kier molecular flexibility index (Phi) is 8.15. The summed E-state index contributed by atoms with van der Waals surface area (Å²) < 4.78 is 28.3. The van der Waals surface area contributed by atoms with Crippen LogP contribution in [0.2, 0.25) is 0 Å². The first kappa shape index (κ1) is 27.3. The van der Waals surface area contributed by atoms with E-state index in [1.54, 1.807) is 66.7 Å². The Morgan fingerprint density at radius 2 is 1.56 bits per heavy atom. The van der Waals surface area contributed by atoms with Crippen LogP contribution in [-0.2, 0) is 0 Å². The van der Waals surface area contributed by atoms with Gasteiger partial charge in [-0.15, -0.1) is 0 Å². The molecule has 0 aliphatic carbocycles. The summed E-state index contributed by atoms with van der Waals surface area (Å²) in [6, 6.07) is 26.7. The highest BCUT2D eigenvalue weighted by Gasteiger charge is 2.25. The lowest BCUT2D eigenvalue weighted by Crippen LogP contribution is -2.10. The normalized spacial score (nSPS) is 11.0. The molecular formula is C34H28O7. The molecule has 0 aliphatic rings. The molecule has 0 fully saturated rings. The Hall–Kier alpha value is -5.30. The van der Waals surface area contributed by atoms with Crippen LogP contribution in [0.4, 0.5) is 0 Å². The van der Waals surface area contributed by atoms with Crippen LogP contribution in [0.1, 0.15) is 33.2 Å². The lowest BCUT2D eigenvalue weighted by atomic mass is 10.1. The monoisotopic (exact) mass is 548 g/mol. The van der Waals surface area contributed by atoms with E-state index in [9.17, 15) is 9.59 Å². The smallest absolute Gasteiger partial charge is 0.348 e. The maximum absolute atomic E-state index is 13.8. The number of benzene rings is 4. The highest BCUT2D eigenvalue weighted by molar-refractivity contribution is 6.11. The number of esters is 1. The van der Waals surface area contributed by atoms with Gasteiger partial charge in [0.1, 0.15) is 39.9 Å². The van der Waals surface area contributed by atoms with E-state index in [-0.39, 0.29) is 17.1 Å². The fourth-order valence-corrected chi connectivity index (χ4v) is 4.45. The minimum atomic E-state index is -0.599. The van der Waals surface area contributed by atoms with Gasteiger partial charge in [0.15, 0.2) is 5.78 Å². The molecule has 0 spiro atoms. The van der Waals surface area contributed by atoms with Crippen LogP contribution in [0.3, 0.4) is 0 Å². The van der Waals surface area contributed by atoms with Crippen molar-refractivity contribution >= 4 is 28.8 Å². The van der Waals surface area contributed by atoms with Crippen LogP contribution in [-0.4, -0.2) is 32.6 Å². The molecule has 0 unspecified atom stereocenters. The quantitative estimate of drug-likeness (QED) is 0.0768. The molecule has 5 aromatic rings. The van der Waals surface area contributed by atoms with Crippen LogP contribution in [0.5, 0.6) is 23.0 Å². The minimum Gasteiger partial charge on any atom is -0.497 e. The van der Waals surface area contributed by atoms with Crippen molar-refractivity contribution in [3.05, 3.63) is 114 Å². The third-order valence-corrected chi connectivity index (χ3v) is 6.42. The van der Waals surface area contributed by atoms with Crippen molar-refractivity contribution in [2.75, 3.05) is 20.8 Å². The Morgan fingerprint density at radius 1 is 0.805 bits per heavy atom. The highest BCUT2D eigenvalue weighted by atomic mass is 16.5. The SMILES string of the molecule is CCOc1ccc2oc(-c3ccccc3)c(C(=O)Oc3ccccc3/C=C/C(=O)c3cc(OC)ccc3OC)c2c1. The van der Waals surface area contributed by atoms with Crippen LogP contribution < -0.4 is 18.9 Å². The van der Waals surface area contributed by atoms with Gasteiger partial charge in [0, 0.05) is 16.5 Å². The molecule has 4 aromatic carbocycles. The van der Waals surface area contributed by atoms with Crippen molar-refractivity contribution < 1.29 is 33.0 Å². The molecular weight excluding hydrogens is 520 g/mol. The van der Waals surface area contributed by atoms with E-state index in [1.165, 1.54) is 20.3 Å². The summed E-state index contributed by atoms with van der Waals surface area (Å²) in [7, 11) is 3.03. The van der Waals surface area contributed by atoms with Crippen LogP contribution >= 0.6 is 0 Å². The standard InChI is InChI=1S/C34H28O7/c1-4-39-25-16-19-31-27(21-25)32(33(40-31)23-11-6-5-7-12-23)34(36)41-29-13-9-8-10-22(29)14-17-28(35)26-20-24(37-2)15-18-30(26)38-3/h5-21H,4H2,1-3H3/b17-14+. The molecule has 41 heavy (non-hydrogen) atoms. The van der Waals surface area contributed by atoms with Gasteiger partial charge in [-0.3, -0.25) is 4.79 Å². The van der Waals surface area contributed by atoms with Gasteiger partial charge in [0.25, 0.3) is 0 Å². The summed E-state index contributed by atoms with van der Waals surface area (Å²) in [5.74, 6) is 1.36. The highest BCUT2D eigenvalue weighted by Crippen LogP contribution is 2.37. The average Bonchev–Trinajstić information content (AvgIpc) is 3.40.